The molecule has 1 atom stereocenters. The van der Waals surface area contributed by atoms with Gasteiger partial charge in [0.15, 0.2) is 0 Å². The molecule has 0 aromatic heterocycles. The fourth-order valence-electron chi connectivity index (χ4n) is 3.39. The predicted octanol–water partition coefficient (Wildman–Crippen LogP) is 6.63. The zero-order valence-electron chi connectivity index (χ0n) is 15.4. The van der Waals surface area contributed by atoms with Crippen LogP contribution in [-0.2, 0) is 4.74 Å². The zero-order chi connectivity index (χ0) is 19.5. The summed E-state index contributed by atoms with van der Waals surface area (Å²) >= 11 is 3.62. The van der Waals surface area contributed by atoms with Crippen LogP contribution in [0.2, 0.25) is 0 Å². The molecule has 0 amide bonds. The van der Waals surface area contributed by atoms with Crippen LogP contribution >= 0.6 is 15.9 Å². The van der Waals surface area contributed by atoms with Crippen LogP contribution in [0.15, 0.2) is 88.9 Å². The van der Waals surface area contributed by atoms with Crippen molar-refractivity contribution in [1.82, 2.24) is 0 Å². The van der Waals surface area contributed by atoms with Crippen molar-refractivity contribution in [3.05, 3.63) is 111 Å². The molecule has 28 heavy (non-hydrogen) atoms. The average molecular weight is 431 g/mol. The average Bonchev–Trinajstić information content (AvgIpc) is 2.81. The number of ether oxygens (including phenoxy) is 1. The van der Waals surface area contributed by atoms with Gasteiger partial charge in [-0.05, 0) is 53.5 Å². The minimum Gasteiger partial charge on any atom is -0.454 e. The molecule has 1 aliphatic heterocycles. The standard InChI is InChI=1S/C25H19BrO2/c1-17-22(16-19-11-5-8-14-24(19)26)23(15-18-9-3-2-4-10-18)20-12-6-7-13-21(20)25(27)28-17/h2-17H,1H3/b22-16+,23-15-/t17-/m0/s1. The van der Waals surface area contributed by atoms with Gasteiger partial charge in [-0.15, -0.1) is 0 Å². The Morgan fingerprint density at radius 3 is 2.21 bits per heavy atom. The number of halogens is 1. The summed E-state index contributed by atoms with van der Waals surface area (Å²) in [7, 11) is 0. The highest BCUT2D eigenvalue weighted by molar-refractivity contribution is 9.10. The van der Waals surface area contributed by atoms with E-state index in [1.165, 1.54) is 0 Å². The fraction of sp³-hybridized carbons (Fsp3) is 0.0800. The predicted molar refractivity (Wildman–Crippen MR) is 118 cm³/mol. The summed E-state index contributed by atoms with van der Waals surface area (Å²) in [5, 5.41) is 0. The van der Waals surface area contributed by atoms with Crippen molar-refractivity contribution < 1.29 is 9.53 Å². The van der Waals surface area contributed by atoms with E-state index in [1.54, 1.807) is 0 Å². The van der Waals surface area contributed by atoms with Gasteiger partial charge in [0.05, 0.1) is 5.56 Å². The number of fused-ring (bicyclic) bond motifs is 1. The number of hydrogen-bond acceptors (Lipinski definition) is 2. The second-order valence-electron chi connectivity index (χ2n) is 6.68. The number of carbonyl (C=O) groups excluding carboxylic acids is 1. The molecule has 0 spiro atoms. The smallest absolute Gasteiger partial charge is 0.339 e. The summed E-state index contributed by atoms with van der Waals surface area (Å²) < 4.78 is 6.76. The Bertz CT molecular complexity index is 1080. The van der Waals surface area contributed by atoms with Gasteiger partial charge >= 0.3 is 5.97 Å². The van der Waals surface area contributed by atoms with Crippen molar-refractivity contribution >= 4 is 39.6 Å². The molecule has 3 aromatic carbocycles. The SMILES string of the molecule is C[C@@H]1OC(=O)c2ccccc2C(=C/c2ccccc2)/C1=C/c1ccccc1Br. The highest BCUT2D eigenvalue weighted by atomic mass is 79.9. The molecule has 138 valence electrons. The van der Waals surface area contributed by atoms with Crippen LogP contribution in [0.4, 0.5) is 0 Å². The van der Waals surface area contributed by atoms with E-state index in [2.05, 4.69) is 40.2 Å². The van der Waals surface area contributed by atoms with Gasteiger partial charge in [-0.25, -0.2) is 4.79 Å². The monoisotopic (exact) mass is 430 g/mol. The van der Waals surface area contributed by atoms with E-state index in [1.807, 2.05) is 73.7 Å². The molecule has 0 aliphatic carbocycles. The van der Waals surface area contributed by atoms with E-state index in [-0.39, 0.29) is 12.1 Å². The molecule has 0 saturated heterocycles. The first-order valence-corrected chi connectivity index (χ1v) is 9.96. The van der Waals surface area contributed by atoms with Crippen molar-refractivity contribution in [2.75, 3.05) is 0 Å². The van der Waals surface area contributed by atoms with Crippen molar-refractivity contribution in [3.8, 4) is 0 Å². The van der Waals surface area contributed by atoms with Gasteiger partial charge in [0.1, 0.15) is 6.10 Å². The molecule has 3 aromatic rings. The third-order valence-corrected chi connectivity index (χ3v) is 5.52. The fourth-order valence-corrected chi connectivity index (χ4v) is 3.79. The van der Waals surface area contributed by atoms with E-state index in [9.17, 15) is 4.79 Å². The van der Waals surface area contributed by atoms with Gasteiger partial charge in [0.25, 0.3) is 0 Å². The van der Waals surface area contributed by atoms with E-state index in [0.717, 1.165) is 32.3 Å². The number of cyclic esters (lactones) is 1. The maximum atomic E-state index is 12.7. The molecular formula is C25H19BrO2. The van der Waals surface area contributed by atoms with E-state index >= 15 is 0 Å². The molecule has 1 aliphatic rings. The molecule has 0 radical (unpaired) electrons. The Kier molecular flexibility index (Phi) is 5.27. The molecule has 0 saturated carbocycles. The van der Waals surface area contributed by atoms with Crippen LogP contribution in [0.25, 0.3) is 17.7 Å². The van der Waals surface area contributed by atoms with Crippen LogP contribution in [-0.4, -0.2) is 12.1 Å². The highest BCUT2D eigenvalue weighted by Gasteiger charge is 2.28. The number of hydrogen-bond donors (Lipinski definition) is 0. The van der Waals surface area contributed by atoms with Crippen LogP contribution in [0.3, 0.4) is 0 Å². The Hall–Kier alpha value is -2.91. The summed E-state index contributed by atoms with van der Waals surface area (Å²) in [6.45, 7) is 1.92. The van der Waals surface area contributed by atoms with Gasteiger partial charge in [0, 0.05) is 10.0 Å². The van der Waals surface area contributed by atoms with Crippen LogP contribution < -0.4 is 0 Å². The quantitative estimate of drug-likeness (QED) is 0.426. The summed E-state index contributed by atoms with van der Waals surface area (Å²) in [6.07, 6.45) is 3.85. The van der Waals surface area contributed by atoms with Crippen LogP contribution in [0.1, 0.15) is 34.0 Å². The zero-order valence-corrected chi connectivity index (χ0v) is 17.0. The van der Waals surface area contributed by atoms with Gasteiger partial charge in [-0.3, -0.25) is 0 Å². The minimum absolute atomic E-state index is 0.294. The lowest BCUT2D eigenvalue weighted by molar-refractivity contribution is 0.0421. The lowest BCUT2D eigenvalue weighted by Crippen LogP contribution is -2.14. The number of benzene rings is 3. The maximum absolute atomic E-state index is 12.7. The van der Waals surface area contributed by atoms with Gasteiger partial charge in [-0.2, -0.15) is 0 Å². The van der Waals surface area contributed by atoms with Crippen molar-refractivity contribution in [1.29, 1.82) is 0 Å². The lowest BCUT2D eigenvalue weighted by atomic mass is 9.89. The molecule has 4 rings (SSSR count). The number of carbonyl (C=O) groups is 1. The lowest BCUT2D eigenvalue weighted by Gasteiger charge is -2.16. The van der Waals surface area contributed by atoms with Gasteiger partial charge < -0.3 is 4.74 Å². The first kappa shape index (κ1) is 18.5. The second kappa shape index (κ2) is 7.99. The molecule has 0 unspecified atom stereocenters. The first-order valence-electron chi connectivity index (χ1n) is 9.17. The Labute approximate surface area is 173 Å². The Morgan fingerprint density at radius 2 is 1.46 bits per heavy atom. The topological polar surface area (TPSA) is 26.3 Å². The normalized spacial score (nSPS) is 19.2. The number of rotatable bonds is 2. The highest BCUT2D eigenvalue weighted by Crippen LogP contribution is 2.37. The summed E-state index contributed by atoms with van der Waals surface area (Å²) in [5.41, 5.74) is 5.56. The molecule has 2 nitrogen and oxygen atoms in total. The van der Waals surface area contributed by atoms with Gasteiger partial charge in [0.2, 0.25) is 0 Å². The van der Waals surface area contributed by atoms with Crippen molar-refractivity contribution in [3.63, 3.8) is 0 Å². The Balaban J connectivity index is 1.98. The minimum atomic E-state index is -0.373. The van der Waals surface area contributed by atoms with Crippen LogP contribution in [0, 0.1) is 0 Å². The van der Waals surface area contributed by atoms with Crippen molar-refractivity contribution in [2.24, 2.45) is 0 Å². The maximum Gasteiger partial charge on any atom is 0.339 e. The third-order valence-electron chi connectivity index (χ3n) is 4.80. The first-order chi connectivity index (χ1) is 13.6. The molecule has 0 N–H and O–H groups in total. The van der Waals surface area contributed by atoms with Crippen LogP contribution in [0.5, 0.6) is 0 Å². The van der Waals surface area contributed by atoms with Gasteiger partial charge in [-0.1, -0.05) is 82.7 Å². The van der Waals surface area contributed by atoms with E-state index in [4.69, 9.17) is 4.74 Å². The van der Waals surface area contributed by atoms with E-state index < -0.39 is 0 Å². The molecule has 0 fully saturated rings. The summed E-state index contributed by atoms with van der Waals surface area (Å²) in [6, 6.07) is 25.8. The summed E-state index contributed by atoms with van der Waals surface area (Å²) in [5.74, 6) is -0.294. The second-order valence-corrected chi connectivity index (χ2v) is 7.54. The summed E-state index contributed by atoms with van der Waals surface area (Å²) in [4.78, 5) is 12.7. The number of esters is 1. The molecular weight excluding hydrogens is 412 g/mol. The molecule has 0 bridgehead atoms. The molecule has 3 heteroatoms. The largest absolute Gasteiger partial charge is 0.454 e. The Morgan fingerprint density at radius 1 is 0.821 bits per heavy atom. The van der Waals surface area contributed by atoms with E-state index in [0.29, 0.717) is 5.56 Å². The van der Waals surface area contributed by atoms with Crippen molar-refractivity contribution in [2.45, 2.75) is 13.0 Å². The third kappa shape index (κ3) is 3.71. The molecule has 1 heterocycles.